The summed E-state index contributed by atoms with van der Waals surface area (Å²) in [6.45, 7) is 5.99. The van der Waals surface area contributed by atoms with E-state index in [1.807, 2.05) is 6.92 Å². The number of carbonyl (C=O) groups is 1. The average Bonchev–Trinajstić information content (AvgIpc) is 2.24. The van der Waals surface area contributed by atoms with Gasteiger partial charge in [0, 0.05) is 6.08 Å². The highest BCUT2D eigenvalue weighted by Gasteiger charge is 2.02. The van der Waals surface area contributed by atoms with Crippen LogP contribution in [-0.4, -0.2) is 17.7 Å². The quantitative estimate of drug-likeness (QED) is 0.645. The summed E-state index contributed by atoms with van der Waals surface area (Å²) in [6, 6.07) is 5.08. The summed E-state index contributed by atoms with van der Waals surface area (Å²) >= 11 is 5.99. The van der Waals surface area contributed by atoms with E-state index in [0.29, 0.717) is 22.9 Å². The van der Waals surface area contributed by atoms with Crippen molar-refractivity contribution in [1.29, 1.82) is 0 Å². The maximum Gasteiger partial charge on any atom is 0.328 e. The van der Waals surface area contributed by atoms with Crippen LogP contribution in [0.25, 0.3) is 6.08 Å². The summed E-state index contributed by atoms with van der Waals surface area (Å²) in [5.41, 5.74) is 1.61. The molecule has 1 aromatic carbocycles. The standard InChI is InChI=1S/C13H13ClO3/c1-9(2)8-17-12-5-3-10(7-11(12)14)4-6-13(15)16/h3-7H,1,8H2,2H3,(H,15,16). The summed E-state index contributed by atoms with van der Waals surface area (Å²) in [7, 11) is 0. The van der Waals surface area contributed by atoms with Crippen LogP contribution in [-0.2, 0) is 4.79 Å². The molecule has 0 fully saturated rings. The van der Waals surface area contributed by atoms with Crippen molar-refractivity contribution in [3.8, 4) is 5.75 Å². The average molecular weight is 253 g/mol. The van der Waals surface area contributed by atoms with Gasteiger partial charge in [-0.3, -0.25) is 0 Å². The first kappa shape index (κ1) is 13.3. The van der Waals surface area contributed by atoms with Crippen molar-refractivity contribution in [3.63, 3.8) is 0 Å². The van der Waals surface area contributed by atoms with E-state index < -0.39 is 5.97 Å². The van der Waals surface area contributed by atoms with E-state index in [-0.39, 0.29) is 0 Å². The van der Waals surface area contributed by atoms with Crippen LogP contribution in [0.15, 0.2) is 36.4 Å². The van der Waals surface area contributed by atoms with Crippen molar-refractivity contribution in [3.05, 3.63) is 47.0 Å². The van der Waals surface area contributed by atoms with E-state index in [0.717, 1.165) is 11.6 Å². The second-order valence-electron chi connectivity index (χ2n) is 3.61. The molecule has 0 saturated carbocycles. The first-order valence-corrected chi connectivity index (χ1v) is 5.34. The minimum Gasteiger partial charge on any atom is -0.488 e. The Morgan fingerprint density at radius 2 is 2.29 bits per heavy atom. The third kappa shape index (κ3) is 4.74. The molecule has 4 heteroatoms. The summed E-state index contributed by atoms with van der Waals surface area (Å²) in [6.07, 6.45) is 2.52. The lowest BCUT2D eigenvalue weighted by Gasteiger charge is -2.08. The molecule has 90 valence electrons. The zero-order valence-electron chi connectivity index (χ0n) is 9.44. The van der Waals surface area contributed by atoms with Crippen molar-refractivity contribution in [1.82, 2.24) is 0 Å². The van der Waals surface area contributed by atoms with E-state index in [1.165, 1.54) is 6.08 Å². The molecule has 17 heavy (non-hydrogen) atoms. The fourth-order valence-corrected chi connectivity index (χ4v) is 1.35. The molecule has 0 bridgehead atoms. The van der Waals surface area contributed by atoms with Crippen molar-refractivity contribution < 1.29 is 14.6 Å². The number of benzene rings is 1. The van der Waals surface area contributed by atoms with Crippen molar-refractivity contribution in [2.24, 2.45) is 0 Å². The Balaban J connectivity index is 2.79. The Hall–Kier alpha value is -1.74. The van der Waals surface area contributed by atoms with Gasteiger partial charge in [-0.1, -0.05) is 24.2 Å². The lowest BCUT2D eigenvalue weighted by molar-refractivity contribution is -0.131. The van der Waals surface area contributed by atoms with Crippen molar-refractivity contribution >= 4 is 23.6 Å². The Bertz CT molecular complexity index is 464. The predicted molar refractivity (Wildman–Crippen MR) is 68.4 cm³/mol. The molecule has 0 heterocycles. The highest BCUT2D eigenvalue weighted by molar-refractivity contribution is 6.32. The van der Waals surface area contributed by atoms with Crippen LogP contribution >= 0.6 is 11.6 Å². The van der Waals surface area contributed by atoms with Gasteiger partial charge in [0.15, 0.2) is 0 Å². The summed E-state index contributed by atoms with van der Waals surface area (Å²) in [5, 5.41) is 8.93. The third-order valence-corrected chi connectivity index (χ3v) is 2.14. The highest BCUT2D eigenvalue weighted by Crippen LogP contribution is 2.26. The lowest BCUT2D eigenvalue weighted by Crippen LogP contribution is -1.98. The van der Waals surface area contributed by atoms with E-state index in [2.05, 4.69) is 6.58 Å². The van der Waals surface area contributed by atoms with E-state index >= 15 is 0 Å². The van der Waals surface area contributed by atoms with E-state index in [4.69, 9.17) is 21.4 Å². The van der Waals surface area contributed by atoms with E-state index in [1.54, 1.807) is 18.2 Å². The second kappa shape index (κ2) is 6.11. The highest BCUT2D eigenvalue weighted by atomic mass is 35.5. The van der Waals surface area contributed by atoms with E-state index in [9.17, 15) is 4.79 Å². The zero-order valence-corrected chi connectivity index (χ0v) is 10.2. The summed E-state index contributed by atoms with van der Waals surface area (Å²) in [5.74, 6) is -0.439. The molecule has 1 rings (SSSR count). The molecule has 0 aliphatic heterocycles. The molecular weight excluding hydrogens is 240 g/mol. The molecule has 0 saturated heterocycles. The monoisotopic (exact) mass is 252 g/mol. The van der Waals surface area contributed by atoms with Crippen molar-refractivity contribution in [2.45, 2.75) is 6.92 Å². The van der Waals surface area contributed by atoms with Crippen LogP contribution in [0.2, 0.25) is 5.02 Å². The van der Waals surface area contributed by atoms with Crippen LogP contribution in [0.4, 0.5) is 0 Å². The minimum absolute atomic E-state index is 0.407. The molecule has 0 aromatic heterocycles. The van der Waals surface area contributed by atoms with Crippen LogP contribution in [0.5, 0.6) is 5.75 Å². The maximum atomic E-state index is 10.3. The third-order valence-electron chi connectivity index (χ3n) is 1.85. The van der Waals surface area contributed by atoms with Crippen molar-refractivity contribution in [2.75, 3.05) is 6.61 Å². The number of aliphatic carboxylic acids is 1. The van der Waals surface area contributed by atoms with Gasteiger partial charge in [-0.2, -0.15) is 0 Å². The smallest absolute Gasteiger partial charge is 0.328 e. The first-order valence-electron chi connectivity index (χ1n) is 4.97. The van der Waals surface area contributed by atoms with Crippen LogP contribution in [0, 0.1) is 0 Å². The number of carboxylic acids is 1. The number of carboxylic acid groups (broad SMARTS) is 1. The molecule has 0 amide bonds. The summed E-state index contributed by atoms with van der Waals surface area (Å²) in [4.78, 5) is 10.3. The second-order valence-corrected chi connectivity index (χ2v) is 4.01. The SMILES string of the molecule is C=C(C)COc1ccc(C=CC(=O)O)cc1Cl. The normalized spacial score (nSPS) is 10.5. The van der Waals surface area contributed by atoms with Gasteiger partial charge in [0.2, 0.25) is 0 Å². The Morgan fingerprint density at radius 1 is 1.59 bits per heavy atom. The Morgan fingerprint density at radius 3 is 2.82 bits per heavy atom. The van der Waals surface area contributed by atoms with Gasteiger partial charge in [-0.15, -0.1) is 0 Å². The van der Waals surface area contributed by atoms with Crippen LogP contribution < -0.4 is 4.74 Å². The fourth-order valence-electron chi connectivity index (χ4n) is 1.11. The van der Waals surface area contributed by atoms with Crippen LogP contribution in [0.1, 0.15) is 12.5 Å². The Labute approximate surface area is 105 Å². The molecular formula is C13H13ClO3. The van der Waals surface area contributed by atoms with Gasteiger partial charge < -0.3 is 9.84 Å². The molecule has 0 aliphatic rings. The van der Waals surface area contributed by atoms with Gasteiger partial charge in [-0.25, -0.2) is 4.79 Å². The molecule has 1 N–H and O–H groups in total. The number of ether oxygens (including phenoxy) is 1. The minimum atomic E-state index is -0.997. The van der Waals surface area contributed by atoms with Gasteiger partial charge in [0.05, 0.1) is 5.02 Å². The molecule has 0 radical (unpaired) electrons. The largest absolute Gasteiger partial charge is 0.488 e. The topological polar surface area (TPSA) is 46.5 Å². The molecule has 1 aromatic rings. The van der Waals surface area contributed by atoms with Gasteiger partial charge in [-0.05, 0) is 36.3 Å². The zero-order chi connectivity index (χ0) is 12.8. The fraction of sp³-hybridized carbons (Fsp3) is 0.154. The lowest BCUT2D eigenvalue weighted by atomic mass is 10.2. The first-order chi connectivity index (χ1) is 7.99. The molecule has 0 unspecified atom stereocenters. The van der Waals surface area contributed by atoms with Gasteiger partial charge in [0.25, 0.3) is 0 Å². The predicted octanol–water partition coefficient (Wildman–Crippen LogP) is 3.39. The number of hydrogen-bond donors (Lipinski definition) is 1. The molecule has 0 atom stereocenters. The Kier molecular flexibility index (Phi) is 4.79. The summed E-state index contributed by atoms with van der Waals surface area (Å²) < 4.78 is 5.41. The molecule has 0 aliphatic carbocycles. The maximum absolute atomic E-state index is 10.3. The molecule has 3 nitrogen and oxygen atoms in total. The number of halogens is 1. The molecule has 0 spiro atoms. The number of rotatable bonds is 5. The van der Waals surface area contributed by atoms with Gasteiger partial charge >= 0.3 is 5.97 Å². The van der Waals surface area contributed by atoms with Gasteiger partial charge in [0.1, 0.15) is 12.4 Å². The van der Waals surface area contributed by atoms with Crippen LogP contribution in [0.3, 0.4) is 0 Å². The number of hydrogen-bond acceptors (Lipinski definition) is 2.